The van der Waals surface area contributed by atoms with Crippen molar-refractivity contribution < 1.29 is 23.7 Å². The number of carbonyl (C=O) groups excluding carboxylic acids is 1. The maximum absolute atomic E-state index is 12.4. The van der Waals surface area contributed by atoms with Gasteiger partial charge in [0, 0.05) is 19.7 Å². The Hall–Kier alpha value is -2.05. The molecule has 23 heavy (non-hydrogen) atoms. The van der Waals surface area contributed by atoms with Crippen LogP contribution in [0.1, 0.15) is 22.3 Å². The summed E-state index contributed by atoms with van der Waals surface area (Å²) in [6.45, 7) is 0.831. The lowest BCUT2D eigenvalue weighted by molar-refractivity contribution is 0.0118. The number of methoxy groups -OCH3 is 1. The molecule has 0 amide bonds. The molecule has 1 spiro atoms. The Bertz CT molecular complexity index is 730. The highest BCUT2D eigenvalue weighted by molar-refractivity contribution is 5.94. The second-order valence-corrected chi connectivity index (χ2v) is 6.41. The van der Waals surface area contributed by atoms with Crippen molar-refractivity contribution in [3.05, 3.63) is 35.4 Å². The van der Waals surface area contributed by atoms with E-state index in [-0.39, 0.29) is 36.4 Å². The van der Waals surface area contributed by atoms with Crippen molar-refractivity contribution in [2.75, 3.05) is 20.4 Å². The molecule has 0 bridgehead atoms. The summed E-state index contributed by atoms with van der Waals surface area (Å²) in [5.41, 5.74) is 1.17. The topological polar surface area (TPSA) is 66.0 Å². The van der Waals surface area contributed by atoms with Crippen LogP contribution in [0.5, 0.6) is 11.5 Å². The molecule has 4 unspecified atom stereocenters. The minimum absolute atomic E-state index is 0.0759. The summed E-state index contributed by atoms with van der Waals surface area (Å²) in [6, 6.07) is 3.86. The van der Waals surface area contributed by atoms with Crippen LogP contribution in [0.15, 0.2) is 24.3 Å². The van der Waals surface area contributed by atoms with Gasteiger partial charge in [-0.3, -0.25) is 0 Å². The zero-order valence-corrected chi connectivity index (χ0v) is 12.7. The van der Waals surface area contributed by atoms with Gasteiger partial charge >= 0.3 is 5.97 Å². The molecule has 5 rings (SSSR count). The van der Waals surface area contributed by atoms with Gasteiger partial charge in [-0.25, -0.2) is 4.79 Å². The van der Waals surface area contributed by atoms with E-state index in [1.54, 1.807) is 13.2 Å². The molecule has 0 aromatic heterocycles. The van der Waals surface area contributed by atoms with Crippen molar-refractivity contribution in [2.45, 2.75) is 30.1 Å². The summed E-state index contributed by atoms with van der Waals surface area (Å²) < 4.78 is 22.1. The molecule has 1 saturated heterocycles. The molecule has 3 heterocycles. The Balaban J connectivity index is 1.73. The first-order valence-electron chi connectivity index (χ1n) is 7.83. The number of hydrogen-bond donors (Lipinski definition) is 1. The Morgan fingerprint density at radius 2 is 2.13 bits per heavy atom. The van der Waals surface area contributed by atoms with Crippen molar-refractivity contribution in [2.24, 2.45) is 0 Å². The van der Waals surface area contributed by atoms with Crippen LogP contribution in [-0.4, -0.2) is 44.7 Å². The zero-order valence-electron chi connectivity index (χ0n) is 12.7. The fourth-order valence-corrected chi connectivity index (χ4v) is 4.32. The highest BCUT2D eigenvalue weighted by Gasteiger charge is 2.57. The fraction of sp³-hybridized carbons (Fsp3) is 0.471. The minimum atomic E-state index is -0.362. The molecule has 4 atom stereocenters. The quantitative estimate of drug-likeness (QED) is 0.619. The summed E-state index contributed by atoms with van der Waals surface area (Å²) in [7, 11) is 1.71. The van der Waals surface area contributed by atoms with Gasteiger partial charge in [0.1, 0.15) is 6.10 Å². The van der Waals surface area contributed by atoms with E-state index in [0.29, 0.717) is 23.6 Å². The van der Waals surface area contributed by atoms with Crippen LogP contribution in [0.2, 0.25) is 0 Å². The summed E-state index contributed by atoms with van der Waals surface area (Å²) >= 11 is 0. The van der Waals surface area contributed by atoms with E-state index < -0.39 is 0 Å². The fourth-order valence-electron chi connectivity index (χ4n) is 4.32. The van der Waals surface area contributed by atoms with Gasteiger partial charge in [-0.15, -0.1) is 0 Å². The van der Waals surface area contributed by atoms with E-state index in [0.717, 1.165) is 12.0 Å². The minimum Gasteiger partial charge on any atom is -0.456 e. The SMILES string of the molecule is COC1C=CC23c4cc5c(cc4C(=O)OC2CNC3C1)OCO5. The van der Waals surface area contributed by atoms with Crippen LogP contribution in [0.25, 0.3) is 0 Å². The molecule has 1 N–H and O–H groups in total. The molecule has 1 aromatic carbocycles. The maximum Gasteiger partial charge on any atom is 0.338 e. The van der Waals surface area contributed by atoms with Crippen molar-refractivity contribution in [1.82, 2.24) is 5.32 Å². The molecule has 1 aliphatic carbocycles. The predicted molar refractivity (Wildman–Crippen MR) is 79.8 cm³/mol. The van der Waals surface area contributed by atoms with Crippen LogP contribution >= 0.6 is 0 Å². The van der Waals surface area contributed by atoms with Gasteiger partial charge in [0.05, 0.1) is 17.1 Å². The lowest BCUT2D eigenvalue weighted by Gasteiger charge is -2.44. The molecule has 120 valence electrons. The first-order valence-corrected chi connectivity index (χ1v) is 7.83. The Morgan fingerprint density at radius 3 is 2.96 bits per heavy atom. The van der Waals surface area contributed by atoms with E-state index in [2.05, 4.69) is 17.5 Å². The second kappa shape index (κ2) is 4.49. The number of carbonyl (C=O) groups is 1. The Morgan fingerprint density at radius 1 is 1.30 bits per heavy atom. The highest BCUT2D eigenvalue weighted by Crippen LogP contribution is 2.50. The molecule has 1 fully saturated rings. The maximum atomic E-state index is 12.4. The number of nitrogens with one attached hydrogen (secondary N) is 1. The van der Waals surface area contributed by atoms with Crippen LogP contribution in [-0.2, 0) is 14.9 Å². The third-order valence-corrected chi connectivity index (χ3v) is 5.46. The molecule has 0 saturated carbocycles. The van der Waals surface area contributed by atoms with E-state index in [9.17, 15) is 4.79 Å². The summed E-state index contributed by atoms with van der Waals surface area (Å²) in [6.07, 6.45) is 4.93. The first-order chi connectivity index (χ1) is 11.2. The number of benzene rings is 1. The number of rotatable bonds is 1. The van der Waals surface area contributed by atoms with E-state index in [4.69, 9.17) is 18.9 Å². The van der Waals surface area contributed by atoms with Crippen molar-refractivity contribution in [3.8, 4) is 11.5 Å². The third kappa shape index (κ3) is 1.62. The lowest BCUT2D eigenvalue weighted by Crippen LogP contribution is -2.52. The summed E-state index contributed by atoms with van der Waals surface area (Å²) in [5, 5.41) is 3.50. The molecular weight excluding hydrogens is 298 g/mol. The van der Waals surface area contributed by atoms with Gasteiger partial charge in [-0.05, 0) is 24.1 Å². The van der Waals surface area contributed by atoms with Gasteiger partial charge in [0.15, 0.2) is 11.5 Å². The van der Waals surface area contributed by atoms with Gasteiger partial charge in [0.25, 0.3) is 0 Å². The first kappa shape index (κ1) is 13.4. The number of ether oxygens (including phenoxy) is 4. The predicted octanol–water partition coefficient (Wildman–Crippen LogP) is 1.14. The van der Waals surface area contributed by atoms with Crippen molar-refractivity contribution in [1.29, 1.82) is 0 Å². The van der Waals surface area contributed by atoms with E-state index in [1.807, 2.05) is 6.07 Å². The van der Waals surface area contributed by atoms with Crippen molar-refractivity contribution >= 4 is 5.97 Å². The van der Waals surface area contributed by atoms with Crippen LogP contribution < -0.4 is 14.8 Å². The van der Waals surface area contributed by atoms with Crippen LogP contribution in [0.3, 0.4) is 0 Å². The number of fused-ring (bicyclic) bond motifs is 2. The van der Waals surface area contributed by atoms with Crippen LogP contribution in [0.4, 0.5) is 0 Å². The Kier molecular flexibility index (Phi) is 2.61. The standard InChI is InChI=1S/C17H17NO5/c1-20-9-2-3-17-11-6-13-12(21-8-22-13)5-10(11)16(19)23-15(17)7-18-14(17)4-9/h2-3,5-6,9,14-15,18H,4,7-8H2,1H3. The lowest BCUT2D eigenvalue weighted by atomic mass is 9.65. The van der Waals surface area contributed by atoms with E-state index in [1.165, 1.54) is 0 Å². The summed E-state index contributed by atoms with van der Waals surface area (Å²) in [5.74, 6) is 1.01. The normalized spacial score (nSPS) is 36.2. The average Bonchev–Trinajstić information content (AvgIpc) is 3.17. The Labute approximate surface area is 133 Å². The number of esters is 1. The van der Waals surface area contributed by atoms with Gasteiger partial charge < -0.3 is 24.3 Å². The van der Waals surface area contributed by atoms with Gasteiger partial charge in [-0.2, -0.15) is 0 Å². The largest absolute Gasteiger partial charge is 0.456 e. The average molecular weight is 315 g/mol. The summed E-state index contributed by atoms with van der Waals surface area (Å²) in [4.78, 5) is 12.4. The molecular formula is C17H17NO5. The van der Waals surface area contributed by atoms with Gasteiger partial charge in [0.2, 0.25) is 6.79 Å². The van der Waals surface area contributed by atoms with Gasteiger partial charge in [-0.1, -0.05) is 12.2 Å². The second-order valence-electron chi connectivity index (χ2n) is 6.41. The third-order valence-electron chi connectivity index (χ3n) is 5.46. The smallest absolute Gasteiger partial charge is 0.338 e. The monoisotopic (exact) mass is 315 g/mol. The molecule has 1 aromatic rings. The highest BCUT2D eigenvalue weighted by atomic mass is 16.7. The van der Waals surface area contributed by atoms with E-state index >= 15 is 0 Å². The molecule has 3 aliphatic heterocycles. The molecule has 0 radical (unpaired) electrons. The molecule has 6 nitrogen and oxygen atoms in total. The van der Waals surface area contributed by atoms with Crippen LogP contribution in [0, 0.1) is 0 Å². The molecule has 4 aliphatic rings. The zero-order chi connectivity index (χ0) is 15.6. The van der Waals surface area contributed by atoms with Crippen molar-refractivity contribution in [3.63, 3.8) is 0 Å². The number of hydrogen-bond acceptors (Lipinski definition) is 6. The molecule has 6 heteroatoms.